The molecule has 1 aromatic heterocycles. The van der Waals surface area contributed by atoms with Crippen LogP contribution in [-0.2, 0) is 4.74 Å². The van der Waals surface area contributed by atoms with E-state index in [9.17, 15) is 4.79 Å². The van der Waals surface area contributed by atoms with E-state index < -0.39 is 0 Å². The maximum Gasteiger partial charge on any atom is 0.168 e. The fraction of sp³-hybridized carbons (Fsp3) is 0.333. The Labute approximate surface area is 71.4 Å². The third kappa shape index (κ3) is 1.89. The minimum atomic E-state index is 0.0261. The molecule has 0 N–H and O–H groups in total. The van der Waals surface area contributed by atoms with Crippen LogP contribution in [0.25, 0.3) is 0 Å². The van der Waals surface area contributed by atoms with E-state index in [0.29, 0.717) is 5.69 Å². The number of rotatable bonds is 3. The molecule has 0 fully saturated rings. The number of methoxy groups -OCH3 is 1. The minimum Gasteiger partial charge on any atom is -0.377 e. The molecule has 0 aromatic carbocycles. The maximum absolute atomic E-state index is 10.3. The summed E-state index contributed by atoms with van der Waals surface area (Å²) in [5.74, 6) is 0. The van der Waals surface area contributed by atoms with E-state index in [1.165, 1.54) is 0 Å². The van der Waals surface area contributed by atoms with Gasteiger partial charge in [0.25, 0.3) is 0 Å². The normalized spacial score (nSPS) is 12.5. The van der Waals surface area contributed by atoms with E-state index in [2.05, 4.69) is 4.98 Å². The Balaban J connectivity index is 2.84. The summed E-state index contributed by atoms with van der Waals surface area (Å²) < 4.78 is 5.08. The Kier molecular flexibility index (Phi) is 2.94. The number of carbonyl (C=O) groups is 1. The smallest absolute Gasteiger partial charge is 0.168 e. The number of pyridine rings is 1. The van der Waals surface area contributed by atoms with Crippen LogP contribution in [0.4, 0.5) is 0 Å². The van der Waals surface area contributed by atoms with E-state index >= 15 is 0 Å². The molecule has 12 heavy (non-hydrogen) atoms. The van der Waals surface area contributed by atoms with Crippen molar-refractivity contribution in [3.05, 3.63) is 29.6 Å². The molecule has 1 rings (SSSR count). The van der Waals surface area contributed by atoms with E-state index in [0.717, 1.165) is 11.8 Å². The van der Waals surface area contributed by atoms with Crippen molar-refractivity contribution in [3.8, 4) is 0 Å². The first kappa shape index (κ1) is 8.87. The van der Waals surface area contributed by atoms with E-state index in [-0.39, 0.29) is 6.10 Å². The molecule has 0 spiro atoms. The Morgan fingerprint density at radius 3 is 2.75 bits per heavy atom. The van der Waals surface area contributed by atoms with Crippen molar-refractivity contribution in [2.75, 3.05) is 7.11 Å². The zero-order valence-electron chi connectivity index (χ0n) is 7.15. The van der Waals surface area contributed by atoms with Crippen LogP contribution in [-0.4, -0.2) is 18.4 Å². The topological polar surface area (TPSA) is 39.2 Å². The molecule has 0 aliphatic rings. The molecule has 0 radical (unpaired) electrons. The van der Waals surface area contributed by atoms with Crippen LogP contribution in [0.2, 0.25) is 0 Å². The molecule has 0 aliphatic heterocycles. The van der Waals surface area contributed by atoms with Crippen LogP contribution in [0.5, 0.6) is 0 Å². The summed E-state index contributed by atoms with van der Waals surface area (Å²) in [6.45, 7) is 1.93. The second-order valence-corrected chi connectivity index (χ2v) is 2.51. The van der Waals surface area contributed by atoms with Gasteiger partial charge in [0.2, 0.25) is 0 Å². The molecular weight excluding hydrogens is 154 g/mol. The standard InChI is InChI=1S/C9H11NO2/c1-7(12-2)8-3-4-9(6-11)10-5-8/h3-7H,1-2H3. The summed E-state index contributed by atoms with van der Waals surface area (Å²) in [6.07, 6.45) is 2.40. The predicted octanol–water partition coefficient (Wildman–Crippen LogP) is 1.60. The van der Waals surface area contributed by atoms with Crippen LogP contribution in [0.1, 0.15) is 29.1 Å². The summed E-state index contributed by atoms with van der Waals surface area (Å²) in [5.41, 5.74) is 1.42. The quantitative estimate of drug-likeness (QED) is 0.638. The average molecular weight is 165 g/mol. The molecule has 3 heteroatoms. The van der Waals surface area contributed by atoms with Gasteiger partial charge >= 0.3 is 0 Å². The molecule has 0 bridgehead atoms. The Bertz CT molecular complexity index is 256. The molecule has 64 valence electrons. The fourth-order valence-corrected chi connectivity index (χ4v) is 0.863. The lowest BCUT2D eigenvalue weighted by Crippen LogP contribution is -1.97. The Morgan fingerprint density at radius 1 is 1.58 bits per heavy atom. The van der Waals surface area contributed by atoms with Crippen LogP contribution in [0, 0.1) is 0 Å². The summed E-state index contributed by atoms with van der Waals surface area (Å²) >= 11 is 0. The lowest BCUT2D eigenvalue weighted by Gasteiger charge is -2.08. The van der Waals surface area contributed by atoms with Crippen molar-refractivity contribution in [3.63, 3.8) is 0 Å². The summed E-state index contributed by atoms with van der Waals surface area (Å²) in [4.78, 5) is 14.2. The second kappa shape index (κ2) is 3.97. The van der Waals surface area contributed by atoms with E-state index in [1.807, 2.05) is 13.0 Å². The lowest BCUT2D eigenvalue weighted by molar-refractivity contribution is 0.111. The van der Waals surface area contributed by atoms with Gasteiger partial charge in [0.1, 0.15) is 5.69 Å². The average Bonchev–Trinajstić information content (AvgIpc) is 2.17. The molecule has 0 saturated heterocycles. The van der Waals surface area contributed by atoms with Gasteiger partial charge in [-0.05, 0) is 18.6 Å². The SMILES string of the molecule is COC(C)c1ccc(C=O)nc1. The van der Waals surface area contributed by atoms with Crippen molar-refractivity contribution in [1.82, 2.24) is 4.98 Å². The van der Waals surface area contributed by atoms with Gasteiger partial charge in [-0.1, -0.05) is 6.07 Å². The van der Waals surface area contributed by atoms with Crippen molar-refractivity contribution in [2.45, 2.75) is 13.0 Å². The number of nitrogens with zero attached hydrogens (tertiary/aromatic N) is 1. The van der Waals surface area contributed by atoms with Gasteiger partial charge in [-0.2, -0.15) is 0 Å². The summed E-state index contributed by atoms with van der Waals surface area (Å²) in [5, 5.41) is 0. The number of ether oxygens (including phenoxy) is 1. The predicted molar refractivity (Wildman–Crippen MR) is 45.0 cm³/mol. The van der Waals surface area contributed by atoms with Gasteiger partial charge in [-0.15, -0.1) is 0 Å². The number of hydrogen-bond donors (Lipinski definition) is 0. The minimum absolute atomic E-state index is 0.0261. The van der Waals surface area contributed by atoms with Crippen molar-refractivity contribution >= 4 is 6.29 Å². The third-order valence-electron chi connectivity index (χ3n) is 1.75. The van der Waals surface area contributed by atoms with Gasteiger partial charge in [0.15, 0.2) is 6.29 Å². The van der Waals surface area contributed by atoms with Crippen molar-refractivity contribution < 1.29 is 9.53 Å². The third-order valence-corrected chi connectivity index (χ3v) is 1.75. The molecule has 0 aliphatic carbocycles. The first-order chi connectivity index (χ1) is 5.77. The molecule has 1 unspecified atom stereocenters. The maximum atomic E-state index is 10.3. The van der Waals surface area contributed by atoms with Crippen molar-refractivity contribution in [2.24, 2.45) is 0 Å². The number of carbonyl (C=O) groups excluding carboxylic acids is 1. The van der Waals surface area contributed by atoms with E-state index in [1.54, 1.807) is 19.4 Å². The van der Waals surface area contributed by atoms with Gasteiger partial charge in [0.05, 0.1) is 6.10 Å². The zero-order valence-corrected chi connectivity index (χ0v) is 7.15. The highest BCUT2D eigenvalue weighted by Gasteiger charge is 2.02. The zero-order chi connectivity index (χ0) is 8.97. The highest BCUT2D eigenvalue weighted by Crippen LogP contribution is 2.13. The Hall–Kier alpha value is -1.22. The molecule has 1 aromatic rings. The summed E-state index contributed by atoms with van der Waals surface area (Å²) in [7, 11) is 1.64. The summed E-state index contributed by atoms with van der Waals surface area (Å²) in [6, 6.07) is 3.52. The Morgan fingerprint density at radius 2 is 2.33 bits per heavy atom. The molecule has 1 atom stereocenters. The monoisotopic (exact) mass is 165 g/mol. The number of aldehydes is 1. The van der Waals surface area contributed by atoms with Gasteiger partial charge in [-0.3, -0.25) is 9.78 Å². The molecule has 0 amide bonds. The molecule has 3 nitrogen and oxygen atoms in total. The molecule has 0 saturated carbocycles. The van der Waals surface area contributed by atoms with Gasteiger partial charge in [-0.25, -0.2) is 0 Å². The van der Waals surface area contributed by atoms with Crippen molar-refractivity contribution in [1.29, 1.82) is 0 Å². The fourth-order valence-electron chi connectivity index (χ4n) is 0.863. The highest BCUT2D eigenvalue weighted by molar-refractivity contribution is 5.71. The van der Waals surface area contributed by atoms with Gasteiger partial charge in [0, 0.05) is 13.3 Å². The molecular formula is C9H11NO2. The molecule has 1 heterocycles. The first-order valence-electron chi connectivity index (χ1n) is 3.72. The largest absolute Gasteiger partial charge is 0.377 e. The highest BCUT2D eigenvalue weighted by atomic mass is 16.5. The van der Waals surface area contributed by atoms with Gasteiger partial charge < -0.3 is 4.74 Å². The van der Waals surface area contributed by atoms with E-state index in [4.69, 9.17) is 4.74 Å². The van der Waals surface area contributed by atoms with Crippen LogP contribution >= 0.6 is 0 Å². The number of aromatic nitrogens is 1. The van der Waals surface area contributed by atoms with Crippen LogP contribution in [0.15, 0.2) is 18.3 Å². The lowest BCUT2D eigenvalue weighted by atomic mass is 10.2. The van der Waals surface area contributed by atoms with Crippen LogP contribution in [0.3, 0.4) is 0 Å². The second-order valence-electron chi connectivity index (χ2n) is 2.51. The number of hydrogen-bond acceptors (Lipinski definition) is 3. The first-order valence-corrected chi connectivity index (χ1v) is 3.72. The van der Waals surface area contributed by atoms with Crippen LogP contribution < -0.4 is 0 Å².